The van der Waals surface area contributed by atoms with E-state index < -0.39 is 0 Å². The fourth-order valence-electron chi connectivity index (χ4n) is 1.10. The fourth-order valence-corrected chi connectivity index (χ4v) is 1.91. The van der Waals surface area contributed by atoms with Crippen LogP contribution in [-0.4, -0.2) is 10.2 Å². The van der Waals surface area contributed by atoms with Crippen molar-refractivity contribution in [2.45, 2.75) is 6.92 Å². The third-order valence-corrected chi connectivity index (χ3v) is 2.89. The molecule has 0 aliphatic carbocycles. The van der Waals surface area contributed by atoms with Crippen LogP contribution in [-0.2, 0) is 0 Å². The van der Waals surface area contributed by atoms with Gasteiger partial charge in [0, 0.05) is 5.02 Å². The summed E-state index contributed by atoms with van der Waals surface area (Å²) in [4.78, 5) is 0. The van der Waals surface area contributed by atoms with Crippen molar-refractivity contribution in [1.29, 1.82) is 0 Å². The highest BCUT2D eigenvalue weighted by molar-refractivity contribution is 6.40. The lowest BCUT2D eigenvalue weighted by molar-refractivity contribution is 0.471. The molecule has 0 aliphatic rings. The molecule has 2 N–H and O–H groups in total. The van der Waals surface area contributed by atoms with Crippen LogP contribution in [0.5, 0.6) is 11.5 Å². The number of aromatic hydroxyl groups is 2. The van der Waals surface area contributed by atoms with Crippen LogP contribution in [0, 0.1) is 6.92 Å². The van der Waals surface area contributed by atoms with E-state index in [2.05, 4.69) is 0 Å². The van der Waals surface area contributed by atoms with Gasteiger partial charge < -0.3 is 10.2 Å². The second-order valence-corrected chi connectivity index (χ2v) is 4.76. The molecule has 2 aromatic carbocycles. The van der Waals surface area contributed by atoms with Crippen molar-refractivity contribution in [3.05, 3.63) is 57.0 Å². The van der Waals surface area contributed by atoms with E-state index in [0.29, 0.717) is 10.8 Å². The van der Waals surface area contributed by atoms with Crippen LogP contribution in [0.25, 0.3) is 0 Å². The van der Waals surface area contributed by atoms with Gasteiger partial charge in [0.25, 0.3) is 0 Å². The average Bonchev–Trinajstić information content (AvgIpc) is 2.31. The predicted octanol–water partition coefficient (Wildman–Crippen LogP) is 5.05. The Labute approximate surface area is 120 Å². The minimum absolute atomic E-state index is 0.132. The summed E-state index contributed by atoms with van der Waals surface area (Å²) < 4.78 is 0. The van der Waals surface area contributed by atoms with Gasteiger partial charge in [0.05, 0.1) is 10.0 Å². The summed E-state index contributed by atoms with van der Waals surface area (Å²) in [5, 5.41) is 18.7. The number of phenolic OH excluding ortho intramolecular Hbond substituents is 2. The van der Waals surface area contributed by atoms with Gasteiger partial charge in [-0.15, -0.1) is 0 Å². The Morgan fingerprint density at radius 3 is 1.78 bits per heavy atom. The second kappa shape index (κ2) is 6.74. The van der Waals surface area contributed by atoms with Gasteiger partial charge in [-0.3, -0.25) is 0 Å². The lowest BCUT2D eigenvalue weighted by Gasteiger charge is -1.98. The summed E-state index contributed by atoms with van der Waals surface area (Å²) in [5.74, 6) is 0.236. The van der Waals surface area contributed by atoms with Gasteiger partial charge in [-0.1, -0.05) is 53.0 Å². The molecule has 0 bridgehead atoms. The van der Waals surface area contributed by atoms with Crippen molar-refractivity contribution in [2.24, 2.45) is 0 Å². The highest BCUT2D eigenvalue weighted by Gasteiger charge is 2.04. The lowest BCUT2D eigenvalue weighted by Crippen LogP contribution is -1.70. The molecule has 2 rings (SSSR count). The molecular weight excluding hydrogens is 294 g/mol. The van der Waals surface area contributed by atoms with Crippen LogP contribution in [0.2, 0.25) is 15.1 Å². The first-order chi connectivity index (χ1) is 8.41. The molecule has 2 aromatic rings. The Balaban J connectivity index is 0.000000184. The van der Waals surface area contributed by atoms with E-state index in [9.17, 15) is 0 Å². The minimum Gasteiger partial charge on any atom is -0.508 e. The van der Waals surface area contributed by atoms with Gasteiger partial charge >= 0.3 is 0 Å². The largest absolute Gasteiger partial charge is 0.508 e. The molecule has 0 radical (unpaired) electrons. The molecule has 0 atom stereocenters. The summed E-state index contributed by atoms with van der Waals surface area (Å²) in [5.41, 5.74) is 0.924. The number of hydrogen-bond donors (Lipinski definition) is 2. The zero-order valence-corrected chi connectivity index (χ0v) is 11.8. The van der Waals surface area contributed by atoms with E-state index in [0.717, 1.165) is 5.56 Å². The van der Waals surface area contributed by atoms with E-state index in [1.807, 2.05) is 25.1 Å². The van der Waals surface area contributed by atoms with Crippen LogP contribution in [0.4, 0.5) is 0 Å². The Morgan fingerprint density at radius 2 is 1.39 bits per heavy atom. The number of benzene rings is 2. The zero-order valence-electron chi connectivity index (χ0n) is 9.49. The average molecular weight is 306 g/mol. The monoisotopic (exact) mass is 304 g/mol. The number of para-hydroxylation sites is 1. The Hall–Kier alpha value is -1.09. The normalized spacial score (nSPS) is 9.56. The van der Waals surface area contributed by atoms with Gasteiger partial charge in [-0.2, -0.15) is 0 Å². The number of aryl methyl sites for hydroxylation is 1. The highest BCUT2D eigenvalue weighted by Crippen LogP contribution is 2.34. The summed E-state index contributed by atoms with van der Waals surface area (Å²) in [6.07, 6.45) is 0. The molecule has 0 fully saturated rings. The summed E-state index contributed by atoms with van der Waals surface area (Å²) in [6.45, 7) is 1.87. The number of rotatable bonds is 0. The maximum absolute atomic E-state index is 9.01. The first kappa shape index (κ1) is 15.0. The van der Waals surface area contributed by atoms with E-state index in [1.165, 1.54) is 12.1 Å². The number of phenols is 2. The molecule has 0 spiro atoms. The van der Waals surface area contributed by atoms with Crippen LogP contribution in [0.3, 0.4) is 0 Å². The van der Waals surface area contributed by atoms with Crippen LogP contribution >= 0.6 is 34.8 Å². The van der Waals surface area contributed by atoms with E-state index in [1.54, 1.807) is 6.07 Å². The van der Waals surface area contributed by atoms with Crippen molar-refractivity contribution in [3.8, 4) is 11.5 Å². The molecule has 0 aliphatic heterocycles. The first-order valence-electron chi connectivity index (χ1n) is 5.00. The highest BCUT2D eigenvalue weighted by atomic mass is 35.5. The van der Waals surface area contributed by atoms with Gasteiger partial charge in [0.2, 0.25) is 0 Å². The van der Waals surface area contributed by atoms with Gasteiger partial charge in [-0.25, -0.2) is 0 Å². The van der Waals surface area contributed by atoms with E-state index in [-0.39, 0.29) is 15.8 Å². The molecule has 0 amide bonds. The molecule has 0 saturated heterocycles. The fraction of sp³-hybridized carbons (Fsp3) is 0.0769. The predicted molar refractivity (Wildman–Crippen MR) is 76.0 cm³/mol. The SMILES string of the molecule is Cc1ccccc1O.Oc1c(Cl)cc(Cl)cc1Cl. The Kier molecular flexibility index (Phi) is 5.60. The molecule has 0 aromatic heterocycles. The van der Waals surface area contributed by atoms with Crippen LogP contribution in [0.1, 0.15) is 5.56 Å². The molecule has 0 heterocycles. The minimum atomic E-state index is -0.132. The van der Waals surface area contributed by atoms with Crippen molar-refractivity contribution < 1.29 is 10.2 Å². The van der Waals surface area contributed by atoms with Crippen molar-refractivity contribution in [1.82, 2.24) is 0 Å². The molecule has 18 heavy (non-hydrogen) atoms. The Morgan fingerprint density at radius 1 is 0.889 bits per heavy atom. The third kappa shape index (κ3) is 4.30. The zero-order chi connectivity index (χ0) is 13.7. The maximum Gasteiger partial charge on any atom is 0.152 e. The van der Waals surface area contributed by atoms with E-state index >= 15 is 0 Å². The summed E-state index contributed by atoms with van der Waals surface area (Å²) in [7, 11) is 0. The molecule has 0 saturated carbocycles. The first-order valence-corrected chi connectivity index (χ1v) is 6.13. The van der Waals surface area contributed by atoms with E-state index in [4.69, 9.17) is 45.0 Å². The topological polar surface area (TPSA) is 40.5 Å². The standard InChI is InChI=1S/C7H8O.C6H3Cl3O/c1-6-4-2-3-5-7(6)8;7-3-1-4(8)6(10)5(9)2-3/h2-5,8H,1H3;1-2,10H. The second-order valence-electron chi connectivity index (χ2n) is 3.50. The third-order valence-electron chi connectivity index (χ3n) is 2.10. The smallest absolute Gasteiger partial charge is 0.152 e. The van der Waals surface area contributed by atoms with Crippen LogP contribution < -0.4 is 0 Å². The van der Waals surface area contributed by atoms with Crippen molar-refractivity contribution in [3.63, 3.8) is 0 Å². The molecule has 0 unspecified atom stereocenters. The number of hydrogen-bond acceptors (Lipinski definition) is 2. The Bertz CT molecular complexity index is 498. The van der Waals surface area contributed by atoms with Gasteiger partial charge in [0.15, 0.2) is 5.75 Å². The summed E-state index contributed by atoms with van der Waals surface area (Å²) in [6, 6.07) is 10.1. The molecule has 5 heteroatoms. The molecular formula is C13H11Cl3O2. The lowest BCUT2D eigenvalue weighted by atomic mass is 10.2. The molecule has 96 valence electrons. The maximum atomic E-state index is 9.01. The van der Waals surface area contributed by atoms with Crippen molar-refractivity contribution in [2.75, 3.05) is 0 Å². The van der Waals surface area contributed by atoms with Crippen LogP contribution in [0.15, 0.2) is 36.4 Å². The summed E-state index contributed by atoms with van der Waals surface area (Å²) >= 11 is 16.5. The van der Waals surface area contributed by atoms with Crippen molar-refractivity contribution >= 4 is 34.8 Å². The molecule has 2 nitrogen and oxygen atoms in total. The number of halogens is 3. The van der Waals surface area contributed by atoms with Gasteiger partial charge in [-0.05, 0) is 30.7 Å². The quantitative estimate of drug-likeness (QED) is 0.714. The van der Waals surface area contributed by atoms with Gasteiger partial charge in [0.1, 0.15) is 5.75 Å².